The van der Waals surface area contributed by atoms with E-state index in [1.165, 1.54) is 0 Å². The summed E-state index contributed by atoms with van der Waals surface area (Å²) in [6, 6.07) is 9.80. The molecule has 0 bridgehead atoms. The predicted molar refractivity (Wildman–Crippen MR) is 65.5 cm³/mol. The van der Waals surface area contributed by atoms with Gasteiger partial charge in [-0.05, 0) is 14.1 Å². The molecule has 0 heterocycles. The van der Waals surface area contributed by atoms with Crippen LogP contribution in [0.5, 0.6) is 0 Å². The smallest absolute Gasteiger partial charge is 0.373 e. The lowest BCUT2D eigenvalue weighted by Crippen LogP contribution is -2.56. The third kappa shape index (κ3) is 3.13. The molecule has 0 fully saturated rings. The van der Waals surface area contributed by atoms with Gasteiger partial charge in [-0.15, -0.1) is 0 Å². The van der Waals surface area contributed by atoms with Crippen molar-refractivity contribution in [1.29, 1.82) is 0 Å². The van der Waals surface area contributed by atoms with Crippen molar-refractivity contribution in [3.63, 3.8) is 0 Å². The maximum absolute atomic E-state index is 5.80. The Balaban J connectivity index is 2.87. The second-order valence-electron chi connectivity index (χ2n) is 3.68. The van der Waals surface area contributed by atoms with Crippen LogP contribution in [0.15, 0.2) is 30.3 Å². The minimum atomic E-state index is -2.72. The molecular weight excluding hydrogens is 222 g/mol. The summed E-state index contributed by atoms with van der Waals surface area (Å²) < 4.78 is 16.8. The zero-order chi connectivity index (χ0) is 12.0. The lowest BCUT2D eigenvalue weighted by atomic mass is 10.4. The molecule has 0 aliphatic heterocycles. The molecule has 1 rings (SSSR count). The highest BCUT2D eigenvalue weighted by Gasteiger charge is 2.41. The van der Waals surface area contributed by atoms with Gasteiger partial charge in [0, 0.05) is 19.4 Å². The van der Waals surface area contributed by atoms with Crippen molar-refractivity contribution >= 4 is 14.0 Å². The highest BCUT2D eigenvalue weighted by Crippen LogP contribution is 2.08. The molecule has 0 aromatic heterocycles. The summed E-state index contributed by atoms with van der Waals surface area (Å²) in [5.41, 5.74) is 0. The zero-order valence-corrected chi connectivity index (χ0v) is 11.3. The molecule has 90 valence electrons. The second kappa shape index (κ2) is 6.12. The van der Waals surface area contributed by atoms with Crippen molar-refractivity contribution in [1.82, 2.24) is 4.90 Å². The fraction of sp³-hybridized carbons (Fsp3) is 0.455. The number of hydrogen-bond donors (Lipinski definition) is 0. The molecule has 0 aliphatic rings. The van der Waals surface area contributed by atoms with Gasteiger partial charge in [-0.1, -0.05) is 30.3 Å². The summed E-state index contributed by atoms with van der Waals surface area (Å²) in [5.74, 6) is 0. The van der Waals surface area contributed by atoms with Gasteiger partial charge in [-0.2, -0.15) is 0 Å². The molecular formula is C11H19NO3Si. The van der Waals surface area contributed by atoms with Crippen LogP contribution in [0.4, 0.5) is 0 Å². The van der Waals surface area contributed by atoms with Crippen LogP contribution in [-0.4, -0.2) is 48.8 Å². The van der Waals surface area contributed by atoms with Gasteiger partial charge in [0.1, 0.15) is 0 Å². The standard InChI is InChI=1S/C11H19NO3Si/c1-12(2)10-15-16(13-3,14-4)11-8-6-5-7-9-11/h5-9H,10H2,1-4H3. The summed E-state index contributed by atoms with van der Waals surface area (Å²) in [7, 11) is 4.40. The van der Waals surface area contributed by atoms with Crippen molar-refractivity contribution < 1.29 is 13.3 Å². The maximum Gasteiger partial charge on any atom is 0.537 e. The van der Waals surface area contributed by atoms with Crippen LogP contribution in [0.25, 0.3) is 0 Å². The Bertz CT molecular complexity index is 301. The quantitative estimate of drug-likeness (QED) is 0.541. The molecule has 0 spiro atoms. The summed E-state index contributed by atoms with van der Waals surface area (Å²) in [6.07, 6.45) is 0. The third-order valence-corrected chi connectivity index (χ3v) is 4.80. The molecule has 0 saturated heterocycles. The summed E-state index contributed by atoms with van der Waals surface area (Å²) in [6.45, 7) is 0.475. The Morgan fingerprint density at radius 3 is 2.06 bits per heavy atom. The van der Waals surface area contributed by atoms with Crippen molar-refractivity contribution in [2.75, 3.05) is 35.0 Å². The second-order valence-corrected chi connectivity index (χ2v) is 6.48. The fourth-order valence-corrected chi connectivity index (χ4v) is 3.45. The van der Waals surface area contributed by atoms with Crippen molar-refractivity contribution in [2.24, 2.45) is 0 Å². The molecule has 0 aliphatic carbocycles. The fourth-order valence-electron chi connectivity index (χ4n) is 1.38. The van der Waals surface area contributed by atoms with Crippen molar-refractivity contribution in [2.45, 2.75) is 0 Å². The molecule has 0 atom stereocenters. The van der Waals surface area contributed by atoms with E-state index in [4.69, 9.17) is 13.3 Å². The monoisotopic (exact) mass is 241 g/mol. The van der Waals surface area contributed by atoms with E-state index < -0.39 is 8.80 Å². The summed E-state index contributed by atoms with van der Waals surface area (Å²) in [5, 5.41) is 0.974. The first-order valence-corrected chi connectivity index (χ1v) is 6.81. The average Bonchev–Trinajstić information content (AvgIpc) is 2.32. The Morgan fingerprint density at radius 2 is 1.62 bits per heavy atom. The van der Waals surface area contributed by atoms with Gasteiger partial charge in [-0.3, -0.25) is 4.90 Å². The minimum Gasteiger partial charge on any atom is -0.373 e. The van der Waals surface area contributed by atoms with E-state index in [0.717, 1.165) is 5.19 Å². The summed E-state index contributed by atoms with van der Waals surface area (Å²) in [4.78, 5) is 1.93. The van der Waals surface area contributed by atoms with E-state index in [0.29, 0.717) is 6.73 Å². The van der Waals surface area contributed by atoms with E-state index >= 15 is 0 Å². The van der Waals surface area contributed by atoms with Crippen LogP contribution in [0.2, 0.25) is 0 Å². The van der Waals surface area contributed by atoms with Crippen LogP contribution in [0.1, 0.15) is 0 Å². The number of hydrogen-bond acceptors (Lipinski definition) is 4. The Kier molecular flexibility index (Phi) is 5.10. The number of rotatable bonds is 6. The molecule has 0 radical (unpaired) electrons. The van der Waals surface area contributed by atoms with E-state index in [2.05, 4.69) is 0 Å². The zero-order valence-electron chi connectivity index (χ0n) is 10.3. The molecule has 5 heteroatoms. The summed E-state index contributed by atoms with van der Waals surface area (Å²) >= 11 is 0. The molecule has 1 aromatic carbocycles. The Labute approximate surface area is 98.1 Å². The average molecular weight is 241 g/mol. The lowest BCUT2D eigenvalue weighted by molar-refractivity contribution is 0.0683. The van der Waals surface area contributed by atoms with Gasteiger partial charge in [0.25, 0.3) is 0 Å². The SMILES string of the molecule is CO[Si](OC)(OCN(C)C)c1ccccc1. The largest absolute Gasteiger partial charge is 0.537 e. The van der Waals surface area contributed by atoms with Crippen LogP contribution >= 0.6 is 0 Å². The normalized spacial score (nSPS) is 12.1. The number of nitrogens with zero attached hydrogens (tertiary/aromatic N) is 1. The van der Waals surface area contributed by atoms with Gasteiger partial charge in [0.05, 0.1) is 6.73 Å². The van der Waals surface area contributed by atoms with E-state index in [-0.39, 0.29) is 0 Å². The molecule has 0 saturated carbocycles. The molecule has 1 aromatic rings. The van der Waals surface area contributed by atoms with Gasteiger partial charge in [-0.25, -0.2) is 0 Å². The van der Waals surface area contributed by atoms with Crippen LogP contribution in [0.3, 0.4) is 0 Å². The maximum atomic E-state index is 5.80. The molecule has 0 unspecified atom stereocenters. The van der Waals surface area contributed by atoms with Crippen molar-refractivity contribution in [3.8, 4) is 0 Å². The molecule has 0 N–H and O–H groups in total. The van der Waals surface area contributed by atoms with Gasteiger partial charge >= 0.3 is 8.80 Å². The van der Waals surface area contributed by atoms with Gasteiger partial charge in [0.2, 0.25) is 0 Å². The minimum absolute atomic E-state index is 0.475. The molecule has 16 heavy (non-hydrogen) atoms. The first-order valence-electron chi connectivity index (χ1n) is 5.09. The number of benzene rings is 1. The molecule has 4 nitrogen and oxygen atoms in total. The first kappa shape index (κ1) is 13.3. The topological polar surface area (TPSA) is 30.9 Å². The lowest BCUT2D eigenvalue weighted by Gasteiger charge is -2.27. The van der Waals surface area contributed by atoms with E-state index in [9.17, 15) is 0 Å². The Hall–Kier alpha value is -0.723. The molecule has 0 amide bonds. The van der Waals surface area contributed by atoms with Crippen molar-refractivity contribution in [3.05, 3.63) is 30.3 Å². The highest BCUT2D eigenvalue weighted by atomic mass is 28.4. The van der Waals surface area contributed by atoms with E-state index in [1.54, 1.807) is 14.2 Å². The van der Waals surface area contributed by atoms with Crippen LogP contribution in [0, 0.1) is 0 Å². The Morgan fingerprint density at radius 1 is 1.06 bits per heavy atom. The predicted octanol–water partition coefficient (Wildman–Crippen LogP) is 0.661. The van der Waals surface area contributed by atoms with E-state index in [1.807, 2.05) is 49.3 Å². The van der Waals surface area contributed by atoms with Crippen LogP contribution in [-0.2, 0) is 13.3 Å². The third-order valence-electron chi connectivity index (χ3n) is 2.18. The first-order chi connectivity index (χ1) is 7.64. The van der Waals surface area contributed by atoms with Gasteiger partial charge < -0.3 is 13.3 Å². The highest BCUT2D eigenvalue weighted by molar-refractivity contribution is 6.75. The van der Waals surface area contributed by atoms with Crippen LogP contribution < -0.4 is 5.19 Å². The van der Waals surface area contributed by atoms with Gasteiger partial charge in [0.15, 0.2) is 0 Å².